The summed E-state index contributed by atoms with van der Waals surface area (Å²) in [5.41, 5.74) is 0. The largest absolute Gasteiger partial charge is 0.461 e. The van der Waals surface area contributed by atoms with Crippen molar-refractivity contribution >= 4 is 17.6 Å². The first-order valence-corrected chi connectivity index (χ1v) is 5.84. The second kappa shape index (κ2) is 5.01. The van der Waals surface area contributed by atoms with Crippen LogP contribution in [0.3, 0.4) is 0 Å². The fourth-order valence-electron chi connectivity index (χ4n) is 1.79. The fraction of sp³-hybridized carbons (Fsp3) is 0.909. The zero-order valence-electron chi connectivity index (χ0n) is 9.01. The number of unbranched alkanes of at least 4 members (excludes halogenated alkanes) is 3. The highest BCUT2D eigenvalue weighted by atomic mass is 35.5. The standard InChI is InChI=1S/C11H19ClO2/c1-3-4-5-6-7-9-8-11(2,12)10(13)14-9/h9H,3-8H2,1-2H3/t9-,11+/m1/s1. The van der Waals surface area contributed by atoms with Gasteiger partial charge in [-0.3, -0.25) is 4.79 Å². The molecule has 2 nitrogen and oxygen atoms in total. The molecule has 1 rings (SSSR count). The van der Waals surface area contributed by atoms with Gasteiger partial charge in [0, 0.05) is 6.42 Å². The summed E-state index contributed by atoms with van der Waals surface area (Å²) >= 11 is 5.98. The van der Waals surface area contributed by atoms with E-state index in [0.717, 1.165) is 12.8 Å². The smallest absolute Gasteiger partial charge is 0.327 e. The third-order valence-corrected chi connectivity index (χ3v) is 3.00. The van der Waals surface area contributed by atoms with Crippen molar-refractivity contribution in [3.63, 3.8) is 0 Å². The minimum Gasteiger partial charge on any atom is -0.461 e. The lowest BCUT2D eigenvalue weighted by atomic mass is 10.0. The Hall–Kier alpha value is -0.240. The first-order valence-electron chi connectivity index (χ1n) is 5.46. The number of hydrogen-bond donors (Lipinski definition) is 0. The van der Waals surface area contributed by atoms with Crippen molar-refractivity contribution < 1.29 is 9.53 Å². The van der Waals surface area contributed by atoms with Gasteiger partial charge in [-0.05, 0) is 19.8 Å². The van der Waals surface area contributed by atoms with Crippen LogP contribution in [0.4, 0.5) is 0 Å². The van der Waals surface area contributed by atoms with Crippen LogP contribution in [-0.4, -0.2) is 16.9 Å². The van der Waals surface area contributed by atoms with Gasteiger partial charge in [0.25, 0.3) is 0 Å². The number of cyclic esters (lactones) is 1. The summed E-state index contributed by atoms with van der Waals surface area (Å²) in [5, 5.41) is 0. The van der Waals surface area contributed by atoms with E-state index in [4.69, 9.17) is 16.3 Å². The van der Waals surface area contributed by atoms with Crippen molar-refractivity contribution in [2.45, 2.75) is 63.4 Å². The molecule has 0 amide bonds. The molecule has 82 valence electrons. The summed E-state index contributed by atoms with van der Waals surface area (Å²) in [6.45, 7) is 3.92. The molecule has 0 unspecified atom stereocenters. The van der Waals surface area contributed by atoms with E-state index in [9.17, 15) is 4.79 Å². The van der Waals surface area contributed by atoms with Crippen LogP contribution in [0, 0.1) is 0 Å². The summed E-state index contributed by atoms with van der Waals surface area (Å²) in [4.78, 5) is 10.5. The Bertz CT molecular complexity index is 201. The first-order chi connectivity index (χ1) is 6.56. The molecule has 0 aromatic heterocycles. The number of carbonyl (C=O) groups is 1. The molecule has 3 heteroatoms. The predicted octanol–water partition coefficient (Wildman–Crippen LogP) is 3.27. The molecule has 1 heterocycles. The second-order valence-corrected chi connectivity index (χ2v) is 5.11. The quantitative estimate of drug-likeness (QED) is 0.402. The first kappa shape index (κ1) is 11.8. The number of esters is 1. The van der Waals surface area contributed by atoms with Gasteiger partial charge in [-0.25, -0.2) is 0 Å². The number of alkyl halides is 1. The molecule has 1 aliphatic rings. The highest BCUT2D eigenvalue weighted by molar-refractivity contribution is 6.34. The summed E-state index contributed by atoms with van der Waals surface area (Å²) in [6, 6.07) is 0. The van der Waals surface area contributed by atoms with Gasteiger partial charge in [-0.15, -0.1) is 11.6 Å². The van der Waals surface area contributed by atoms with Crippen LogP contribution < -0.4 is 0 Å². The summed E-state index contributed by atoms with van der Waals surface area (Å²) in [6.07, 6.45) is 6.55. The number of halogens is 1. The Morgan fingerprint density at radius 3 is 2.71 bits per heavy atom. The van der Waals surface area contributed by atoms with Crippen molar-refractivity contribution in [2.75, 3.05) is 0 Å². The van der Waals surface area contributed by atoms with E-state index in [1.165, 1.54) is 19.3 Å². The van der Waals surface area contributed by atoms with Crippen molar-refractivity contribution in [3.05, 3.63) is 0 Å². The normalized spacial score (nSPS) is 31.9. The maximum Gasteiger partial charge on any atom is 0.327 e. The highest BCUT2D eigenvalue weighted by Gasteiger charge is 2.43. The van der Waals surface area contributed by atoms with Gasteiger partial charge in [0.15, 0.2) is 0 Å². The van der Waals surface area contributed by atoms with Crippen LogP contribution in [0.1, 0.15) is 52.4 Å². The van der Waals surface area contributed by atoms with Crippen LogP contribution in [0.15, 0.2) is 0 Å². The van der Waals surface area contributed by atoms with Gasteiger partial charge in [0.2, 0.25) is 0 Å². The van der Waals surface area contributed by atoms with Gasteiger partial charge < -0.3 is 4.74 Å². The third-order valence-electron chi connectivity index (χ3n) is 2.69. The van der Waals surface area contributed by atoms with Gasteiger partial charge in [0.1, 0.15) is 11.0 Å². The molecule has 0 bridgehead atoms. The van der Waals surface area contributed by atoms with E-state index < -0.39 is 4.87 Å². The minimum atomic E-state index is -0.768. The third kappa shape index (κ3) is 3.16. The molecule has 0 saturated carbocycles. The van der Waals surface area contributed by atoms with Crippen LogP contribution in [0.5, 0.6) is 0 Å². The Kier molecular flexibility index (Phi) is 4.24. The molecule has 1 saturated heterocycles. The molecule has 1 fully saturated rings. The number of ether oxygens (including phenoxy) is 1. The van der Waals surface area contributed by atoms with E-state index in [-0.39, 0.29) is 12.1 Å². The van der Waals surface area contributed by atoms with Gasteiger partial charge in [0.05, 0.1) is 0 Å². The summed E-state index contributed by atoms with van der Waals surface area (Å²) in [7, 11) is 0. The average Bonchev–Trinajstić information content (AvgIpc) is 2.35. The zero-order valence-corrected chi connectivity index (χ0v) is 9.77. The van der Waals surface area contributed by atoms with E-state index in [2.05, 4.69) is 6.92 Å². The van der Waals surface area contributed by atoms with Crippen molar-refractivity contribution in [1.82, 2.24) is 0 Å². The Morgan fingerprint density at radius 2 is 2.21 bits per heavy atom. The minimum absolute atomic E-state index is 0.0573. The van der Waals surface area contributed by atoms with Crippen molar-refractivity contribution in [3.8, 4) is 0 Å². The highest BCUT2D eigenvalue weighted by Crippen LogP contribution is 2.33. The predicted molar refractivity (Wildman–Crippen MR) is 57.5 cm³/mol. The molecule has 0 N–H and O–H groups in total. The lowest BCUT2D eigenvalue weighted by Crippen LogP contribution is -2.21. The SMILES string of the molecule is CCCCCC[C@@H]1C[C@](C)(Cl)C(=O)O1. The number of hydrogen-bond acceptors (Lipinski definition) is 2. The molecule has 0 radical (unpaired) electrons. The van der Waals surface area contributed by atoms with Gasteiger partial charge in [-0.1, -0.05) is 26.2 Å². The average molecular weight is 219 g/mol. The van der Waals surface area contributed by atoms with Crippen molar-refractivity contribution in [1.29, 1.82) is 0 Å². The Morgan fingerprint density at radius 1 is 1.50 bits per heavy atom. The van der Waals surface area contributed by atoms with Crippen LogP contribution >= 0.6 is 11.6 Å². The summed E-state index contributed by atoms with van der Waals surface area (Å²) in [5.74, 6) is -0.250. The molecule has 0 spiro atoms. The van der Waals surface area contributed by atoms with Crippen LogP contribution in [0.2, 0.25) is 0 Å². The maximum absolute atomic E-state index is 11.2. The lowest BCUT2D eigenvalue weighted by Gasteiger charge is -2.08. The number of rotatable bonds is 5. The van der Waals surface area contributed by atoms with Gasteiger partial charge >= 0.3 is 5.97 Å². The van der Waals surface area contributed by atoms with Crippen LogP contribution in [-0.2, 0) is 9.53 Å². The molecule has 0 aromatic carbocycles. The topological polar surface area (TPSA) is 26.3 Å². The molecular weight excluding hydrogens is 200 g/mol. The number of carbonyl (C=O) groups excluding carboxylic acids is 1. The zero-order chi connectivity index (χ0) is 10.6. The Labute approximate surface area is 91.0 Å². The molecule has 1 aliphatic heterocycles. The second-order valence-electron chi connectivity index (χ2n) is 4.28. The summed E-state index contributed by atoms with van der Waals surface area (Å²) < 4.78 is 5.19. The molecule has 2 atom stereocenters. The van der Waals surface area contributed by atoms with Gasteiger partial charge in [-0.2, -0.15) is 0 Å². The van der Waals surface area contributed by atoms with E-state index in [0.29, 0.717) is 6.42 Å². The maximum atomic E-state index is 11.2. The molecule has 14 heavy (non-hydrogen) atoms. The van der Waals surface area contributed by atoms with Crippen molar-refractivity contribution in [2.24, 2.45) is 0 Å². The lowest BCUT2D eigenvalue weighted by molar-refractivity contribution is -0.143. The van der Waals surface area contributed by atoms with E-state index >= 15 is 0 Å². The van der Waals surface area contributed by atoms with E-state index in [1.54, 1.807) is 6.92 Å². The van der Waals surface area contributed by atoms with E-state index in [1.807, 2.05) is 0 Å². The molecule has 0 aromatic rings. The van der Waals surface area contributed by atoms with Crippen LogP contribution in [0.25, 0.3) is 0 Å². The molecular formula is C11H19ClO2. The fourth-order valence-corrected chi connectivity index (χ4v) is 2.00. The Balaban J connectivity index is 2.19. The monoisotopic (exact) mass is 218 g/mol. The molecule has 0 aliphatic carbocycles.